The third-order valence-corrected chi connectivity index (χ3v) is 4.74. The SMILES string of the molecule is O=C(CSCC(=O)N1CCCCC1)NCc1ccc(Cl)cc1. The molecular formula is C16H21ClN2O2S. The molecule has 4 nitrogen and oxygen atoms in total. The zero-order chi connectivity index (χ0) is 15.8. The average molecular weight is 341 g/mol. The van der Waals surface area contributed by atoms with Gasteiger partial charge in [0.1, 0.15) is 0 Å². The van der Waals surface area contributed by atoms with Gasteiger partial charge in [-0.05, 0) is 37.0 Å². The minimum atomic E-state index is -0.0496. The van der Waals surface area contributed by atoms with E-state index in [2.05, 4.69) is 5.32 Å². The number of amides is 2. The Morgan fingerprint density at radius 3 is 2.45 bits per heavy atom. The topological polar surface area (TPSA) is 49.4 Å². The molecule has 0 saturated carbocycles. The van der Waals surface area contributed by atoms with Gasteiger partial charge in [0.15, 0.2) is 0 Å². The number of hydrogen-bond acceptors (Lipinski definition) is 3. The fourth-order valence-electron chi connectivity index (χ4n) is 2.32. The van der Waals surface area contributed by atoms with Gasteiger partial charge in [-0.1, -0.05) is 23.7 Å². The minimum Gasteiger partial charge on any atom is -0.351 e. The van der Waals surface area contributed by atoms with E-state index in [1.165, 1.54) is 18.2 Å². The molecule has 0 atom stereocenters. The van der Waals surface area contributed by atoms with Crippen molar-refractivity contribution in [1.82, 2.24) is 10.2 Å². The Kier molecular flexibility index (Phi) is 7.06. The van der Waals surface area contributed by atoms with E-state index in [4.69, 9.17) is 11.6 Å². The number of carbonyl (C=O) groups excluding carboxylic acids is 2. The number of halogens is 1. The number of nitrogens with zero attached hydrogens (tertiary/aromatic N) is 1. The fourth-order valence-corrected chi connectivity index (χ4v) is 3.19. The molecule has 0 radical (unpaired) electrons. The molecule has 0 bridgehead atoms. The van der Waals surface area contributed by atoms with Crippen LogP contribution in [0.3, 0.4) is 0 Å². The normalized spacial score (nSPS) is 14.7. The quantitative estimate of drug-likeness (QED) is 0.866. The standard InChI is InChI=1S/C16H21ClN2O2S/c17-14-6-4-13(5-7-14)10-18-15(20)11-22-12-16(21)19-8-2-1-3-9-19/h4-7H,1-3,8-12H2,(H,18,20). The summed E-state index contributed by atoms with van der Waals surface area (Å²) in [6.07, 6.45) is 3.40. The lowest BCUT2D eigenvalue weighted by Gasteiger charge is -2.26. The van der Waals surface area contributed by atoms with Gasteiger partial charge in [0.2, 0.25) is 11.8 Å². The van der Waals surface area contributed by atoms with Crippen LogP contribution in [-0.2, 0) is 16.1 Å². The zero-order valence-electron chi connectivity index (χ0n) is 12.5. The Labute approximate surface area is 140 Å². The second kappa shape index (κ2) is 9.06. The molecule has 1 fully saturated rings. The summed E-state index contributed by atoms with van der Waals surface area (Å²) in [4.78, 5) is 25.6. The van der Waals surface area contributed by atoms with Gasteiger partial charge in [-0.25, -0.2) is 0 Å². The van der Waals surface area contributed by atoms with Gasteiger partial charge in [-0.2, -0.15) is 0 Å². The third kappa shape index (κ3) is 5.89. The smallest absolute Gasteiger partial charge is 0.232 e. The largest absolute Gasteiger partial charge is 0.351 e. The number of benzene rings is 1. The van der Waals surface area contributed by atoms with E-state index in [0.29, 0.717) is 23.1 Å². The summed E-state index contributed by atoms with van der Waals surface area (Å²) in [5.41, 5.74) is 1.01. The summed E-state index contributed by atoms with van der Waals surface area (Å²) in [7, 11) is 0. The molecule has 2 amide bonds. The van der Waals surface area contributed by atoms with E-state index >= 15 is 0 Å². The maximum absolute atomic E-state index is 12.0. The lowest BCUT2D eigenvalue weighted by atomic mass is 10.1. The molecule has 0 spiro atoms. The molecule has 1 aliphatic rings. The Morgan fingerprint density at radius 1 is 1.09 bits per heavy atom. The first-order valence-corrected chi connectivity index (χ1v) is 9.05. The Hall–Kier alpha value is -1.20. The molecule has 120 valence electrons. The van der Waals surface area contributed by atoms with Crippen LogP contribution in [0, 0.1) is 0 Å². The molecule has 0 unspecified atom stereocenters. The molecule has 1 aliphatic heterocycles. The van der Waals surface area contributed by atoms with Crippen LogP contribution < -0.4 is 5.32 Å². The molecule has 0 aliphatic carbocycles. The van der Waals surface area contributed by atoms with Crippen LogP contribution >= 0.6 is 23.4 Å². The highest BCUT2D eigenvalue weighted by molar-refractivity contribution is 8.00. The van der Waals surface area contributed by atoms with Gasteiger partial charge < -0.3 is 10.2 Å². The molecule has 1 N–H and O–H groups in total. The molecule has 6 heteroatoms. The predicted molar refractivity (Wildman–Crippen MR) is 91.1 cm³/mol. The van der Waals surface area contributed by atoms with Gasteiger partial charge in [-0.3, -0.25) is 9.59 Å². The van der Waals surface area contributed by atoms with Crippen LogP contribution in [0.2, 0.25) is 5.02 Å². The maximum Gasteiger partial charge on any atom is 0.232 e. The Morgan fingerprint density at radius 2 is 1.77 bits per heavy atom. The summed E-state index contributed by atoms with van der Waals surface area (Å²) in [6, 6.07) is 7.37. The van der Waals surface area contributed by atoms with E-state index in [1.54, 1.807) is 12.1 Å². The summed E-state index contributed by atoms with van der Waals surface area (Å²) in [5, 5.41) is 3.53. The number of thioether (sulfide) groups is 1. The number of likely N-dealkylation sites (tertiary alicyclic amines) is 1. The van der Waals surface area contributed by atoms with Crippen molar-refractivity contribution >= 4 is 35.2 Å². The third-order valence-electron chi connectivity index (χ3n) is 3.57. The van der Waals surface area contributed by atoms with Crippen molar-refractivity contribution in [3.05, 3.63) is 34.9 Å². The zero-order valence-corrected chi connectivity index (χ0v) is 14.1. The van der Waals surface area contributed by atoms with E-state index in [9.17, 15) is 9.59 Å². The van der Waals surface area contributed by atoms with Gasteiger partial charge in [-0.15, -0.1) is 11.8 Å². The van der Waals surface area contributed by atoms with Crippen molar-refractivity contribution in [3.8, 4) is 0 Å². The van der Waals surface area contributed by atoms with E-state index in [-0.39, 0.29) is 11.8 Å². The van der Waals surface area contributed by atoms with Crippen molar-refractivity contribution in [2.24, 2.45) is 0 Å². The molecule has 0 aromatic heterocycles. The monoisotopic (exact) mass is 340 g/mol. The van der Waals surface area contributed by atoms with Crippen LogP contribution in [0.5, 0.6) is 0 Å². The van der Waals surface area contributed by atoms with Gasteiger partial charge in [0.05, 0.1) is 11.5 Å². The molecule has 1 saturated heterocycles. The van der Waals surface area contributed by atoms with Crippen LogP contribution in [0.1, 0.15) is 24.8 Å². The summed E-state index contributed by atoms with van der Waals surface area (Å²) in [5.74, 6) is 0.795. The second-order valence-corrected chi connectivity index (χ2v) is 6.76. The molecule has 1 heterocycles. The summed E-state index contributed by atoms with van der Waals surface area (Å²) in [6.45, 7) is 2.21. The van der Waals surface area contributed by atoms with Crippen LogP contribution in [0.25, 0.3) is 0 Å². The number of piperidine rings is 1. The van der Waals surface area contributed by atoms with Crippen molar-refractivity contribution in [1.29, 1.82) is 0 Å². The lowest BCUT2D eigenvalue weighted by molar-refractivity contribution is -0.129. The highest BCUT2D eigenvalue weighted by Crippen LogP contribution is 2.12. The van der Waals surface area contributed by atoms with Crippen LogP contribution in [0.15, 0.2) is 24.3 Å². The van der Waals surface area contributed by atoms with E-state index in [0.717, 1.165) is 31.5 Å². The first kappa shape index (κ1) is 17.2. The van der Waals surface area contributed by atoms with E-state index in [1.807, 2.05) is 17.0 Å². The first-order valence-electron chi connectivity index (χ1n) is 7.52. The molecule has 1 aromatic carbocycles. The lowest BCUT2D eigenvalue weighted by Crippen LogP contribution is -2.37. The molecule has 22 heavy (non-hydrogen) atoms. The van der Waals surface area contributed by atoms with Crippen molar-refractivity contribution in [2.75, 3.05) is 24.6 Å². The Balaban J connectivity index is 1.61. The van der Waals surface area contributed by atoms with Gasteiger partial charge in [0.25, 0.3) is 0 Å². The van der Waals surface area contributed by atoms with Crippen LogP contribution in [-0.4, -0.2) is 41.3 Å². The number of carbonyl (C=O) groups is 2. The first-order chi connectivity index (χ1) is 10.6. The predicted octanol–water partition coefficient (Wildman–Crippen LogP) is 2.70. The second-order valence-electron chi connectivity index (χ2n) is 5.34. The minimum absolute atomic E-state index is 0.0496. The molecule has 1 aromatic rings. The van der Waals surface area contributed by atoms with Crippen molar-refractivity contribution in [3.63, 3.8) is 0 Å². The fraction of sp³-hybridized carbons (Fsp3) is 0.500. The maximum atomic E-state index is 12.0. The number of rotatable bonds is 6. The number of nitrogens with one attached hydrogen (secondary N) is 1. The average Bonchev–Trinajstić information content (AvgIpc) is 2.55. The highest BCUT2D eigenvalue weighted by atomic mass is 35.5. The van der Waals surface area contributed by atoms with Crippen molar-refractivity contribution < 1.29 is 9.59 Å². The highest BCUT2D eigenvalue weighted by Gasteiger charge is 2.16. The van der Waals surface area contributed by atoms with Crippen molar-refractivity contribution in [2.45, 2.75) is 25.8 Å². The Bertz CT molecular complexity index is 501. The van der Waals surface area contributed by atoms with E-state index < -0.39 is 0 Å². The molecule has 2 rings (SSSR count). The number of hydrogen-bond donors (Lipinski definition) is 1. The summed E-state index contributed by atoms with van der Waals surface area (Å²) < 4.78 is 0. The van der Waals surface area contributed by atoms with Gasteiger partial charge in [0, 0.05) is 24.7 Å². The van der Waals surface area contributed by atoms with Gasteiger partial charge >= 0.3 is 0 Å². The molecular weight excluding hydrogens is 320 g/mol. The summed E-state index contributed by atoms with van der Waals surface area (Å²) >= 11 is 7.19. The van der Waals surface area contributed by atoms with Crippen LogP contribution in [0.4, 0.5) is 0 Å².